The summed E-state index contributed by atoms with van der Waals surface area (Å²) in [7, 11) is 0. The van der Waals surface area contributed by atoms with Crippen LogP contribution >= 0.6 is 11.8 Å². The molecule has 2 aromatic rings. The Labute approximate surface area is 260 Å². The Morgan fingerprint density at radius 1 is 1.00 bits per heavy atom. The molecule has 5 rings (SSSR count). The molecule has 0 aromatic heterocycles. The number of benzene rings is 2. The first-order valence-corrected chi connectivity index (χ1v) is 15.4. The van der Waals surface area contributed by atoms with E-state index in [2.05, 4.69) is 10.6 Å². The van der Waals surface area contributed by atoms with Gasteiger partial charge in [-0.25, -0.2) is 9.59 Å². The molecule has 1 aliphatic carbocycles. The van der Waals surface area contributed by atoms with E-state index >= 15 is 0 Å². The van der Waals surface area contributed by atoms with Gasteiger partial charge < -0.3 is 25.2 Å². The normalized spacial score (nSPS) is 20.2. The van der Waals surface area contributed by atoms with Crippen molar-refractivity contribution >= 4 is 35.6 Å². The number of allylic oxidation sites excluding steroid dienone is 3. The largest absolute Gasteiger partial charge is 0.509 e. The molecular formula is C33H35N3O7S. The maximum atomic E-state index is 13.6. The summed E-state index contributed by atoms with van der Waals surface area (Å²) in [6.45, 7) is 5.17. The topological polar surface area (TPSA) is 134 Å². The molecule has 3 aliphatic rings. The summed E-state index contributed by atoms with van der Waals surface area (Å²) < 4.78 is 11.3. The van der Waals surface area contributed by atoms with Gasteiger partial charge in [-0.15, -0.1) is 11.8 Å². The summed E-state index contributed by atoms with van der Waals surface area (Å²) in [5.41, 5.74) is 1.11. The van der Waals surface area contributed by atoms with E-state index in [0.29, 0.717) is 18.4 Å². The number of hydrogen-bond donors (Lipinski definition) is 3. The summed E-state index contributed by atoms with van der Waals surface area (Å²) in [5, 5.41) is 15.5. The minimum atomic E-state index is -1.06. The van der Waals surface area contributed by atoms with Crippen LogP contribution in [0.3, 0.4) is 0 Å². The molecule has 3 N–H and O–H groups in total. The number of fused-ring (bicyclic) bond motifs is 1. The lowest BCUT2D eigenvalue weighted by molar-refractivity contribution is -0.155. The Kier molecular flexibility index (Phi) is 9.14. The smallest absolute Gasteiger partial charge is 0.408 e. The van der Waals surface area contributed by atoms with Crippen molar-refractivity contribution in [3.63, 3.8) is 0 Å². The van der Waals surface area contributed by atoms with Gasteiger partial charge in [0.1, 0.15) is 28.8 Å². The number of ether oxygens (including phenoxy) is 2. The van der Waals surface area contributed by atoms with E-state index in [-0.39, 0.29) is 17.2 Å². The fraction of sp³-hybridized carbons (Fsp3) is 0.333. The van der Waals surface area contributed by atoms with Crippen molar-refractivity contribution in [1.82, 2.24) is 15.5 Å². The quantitative estimate of drug-likeness (QED) is 0.221. The van der Waals surface area contributed by atoms with E-state index in [0.717, 1.165) is 11.1 Å². The number of carbonyl (C=O) groups excluding carboxylic acids is 4. The zero-order valence-electron chi connectivity index (χ0n) is 24.7. The van der Waals surface area contributed by atoms with Gasteiger partial charge in [0.25, 0.3) is 5.91 Å². The van der Waals surface area contributed by atoms with Gasteiger partial charge in [0.05, 0.1) is 5.75 Å². The number of carbonyl (C=O) groups is 4. The average Bonchev–Trinajstić information content (AvgIpc) is 3.01. The summed E-state index contributed by atoms with van der Waals surface area (Å²) in [6.07, 6.45) is 5.24. The number of thioether (sulfide) groups is 1. The van der Waals surface area contributed by atoms with E-state index in [9.17, 15) is 24.3 Å². The van der Waals surface area contributed by atoms with Gasteiger partial charge in [-0.05, 0) is 50.3 Å². The van der Waals surface area contributed by atoms with Crippen LogP contribution in [0, 0.1) is 0 Å². The van der Waals surface area contributed by atoms with Crippen LogP contribution in [0.4, 0.5) is 4.79 Å². The molecule has 0 saturated carbocycles. The highest BCUT2D eigenvalue weighted by atomic mass is 32.2. The fourth-order valence-electron chi connectivity index (χ4n) is 5.18. The van der Waals surface area contributed by atoms with E-state index in [1.807, 2.05) is 78.9 Å². The lowest BCUT2D eigenvalue weighted by Gasteiger charge is -2.49. The number of hydrogen-bond acceptors (Lipinski definition) is 8. The van der Waals surface area contributed by atoms with Crippen LogP contribution in [-0.2, 0) is 23.9 Å². The molecule has 1 saturated heterocycles. The molecule has 230 valence electrons. The Hall–Kier alpha value is -4.51. The zero-order valence-corrected chi connectivity index (χ0v) is 25.5. The minimum Gasteiger partial charge on any atom is -0.509 e. The summed E-state index contributed by atoms with van der Waals surface area (Å²) in [6, 6.07) is 16.3. The molecule has 0 radical (unpaired) electrons. The number of nitrogens with one attached hydrogen (secondary N) is 2. The highest BCUT2D eigenvalue weighted by molar-refractivity contribution is 8.00. The highest BCUT2D eigenvalue weighted by Crippen LogP contribution is 2.41. The zero-order chi connectivity index (χ0) is 31.4. The van der Waals surface area contributed by atoms with Crippen LogP contribution in [-0.4, -0.2) is 62.7 Å². The van der Waals surface area contributed by atoms with Crippen LogP contribution in [0.2, 0.25) is 0 Å². The number of alkyl carbamates (subject to hydrolysis) is 1. The van der Waals surface area contributed by atoms with Gasteiger partial charge in [0, 0.05) is 0 Å². The van der Waals surface area contributed by atoms with Crippen LogP contribution in [0.1, 0.15) is 50.8 Å². The SMILES string of the molecule is CC(C)(C)OC(=O)NC(C(=O)N[C@@H]1C(=O)N2C(C(=O)OC(c3ccccc3)c3ccccc3)=C(O)CS[C@H]12)C1=CCC=CC1. The number of nitrogens with zero attached hydrogens (tertiary/aromatic N) is 1. The van der Waals surface area contributed by atoms with Gasteiger partial charge in [-0.1, -0.05) is 78.9 Å². The van der Waals surface area contributed by atoms with Crippen LogP contribution in [0.15, 0.2) is 95.9 Å². The van der Waals surface area contributed by atoms with Crippen molar-refractivity contribution in [2.24, 2.45) is 0 Å². The van der Waals surface area contributed by atoms with Crippen molar-refractivity contribution < 1.29 is 33.8 Å². The first kappa shape index (κ1) is 30.9. The Bertz CT molecular complexity index is 1480. The molecule has 0 spiro atoms. The second-order valence-corrected chi connectivity index (χ2v) is 12.7. The van der Waals surface area contributed by atoms with E-state index in [4.69, 9.17) is 9.47 Å². The Morgan fingerprint density at radius 2 is 1.64 bits per heavy atom. The maximum absolute atomic E-state index is 13.6. The number of β-lactam (4-membered cyclic amide) rings is 1. The van der Waals surface area contributed by atoms with Crippen molar-refractivity contribution in [3.8, 4) is 0 Å². The number of rotatable bonds is 8. The molecule has 1 unspecified atom stereocenters. The molecule has 44 heavy (non-hydrogen) atoms. The van der Waals surface area contributed by atoms with E-state index < -0.39 is 53.0 Å². The lowest BCUT2D eigenvalue weighted by atomic mass is 9.96. The van der Waals surface area contributed by atoms with E-state index in [1.54, 1.807) is 20.8 Å². The molecule has 3 atom stereocenters. The van der Waals surface area contributed by atoms with Gasteiger partial charge in [0.2, 0.25) is 5.91 Å². The molecule has 2 aliphatic heterocycles. The summed E-state index contributed by atoms with van der Waals surface area (Å²) >= 11 is 1.21. The molecule has 2 aromatic carbocycles. The summed E-state index contributed by atoms with van der Waals surface area (Å²) in [5.74, 6) is -2.24. The summed E-state index contributed by atoms with van der Waals surface area (Å²) in [4.78, 5) is 54.3. The van der Waals surface area contributed by atoms with Crippen molar-refractivity contribution in [1.29, 1.82) is 0 Å². The predicted molar refractivity (Wildman–Crippen MR) is 165 cm³/mol. The Balaban J connectivity index is 1.32. The van der Waals surface area contributed by atoms with Crippen LogP contribution in [0.5, 0.6) is 0 Å². The fourth-order valence-corrected chi connectivity index (χ4v) is 6.38. The average molecular weight is 618 g/mol. The first-order valence-electron chi connectivity index (χ1n) is 14.3. The van der Waals surface area contributed by atoms with Crippen molar-refractivity contribution in [2.75, 3.05) is 5.75 Å². The second kappa shape index (κ2) is 13.0. The van der Waals surface area contributed by atoms with Crippen LogP contribution in [0.25, 0.3) is 0 Å². The van der Waals surface area contributed by atoms with Gasteiger partial charge >= 0.3 is 12.1 Å². The molecule has 1 fully saturated rings. The number of aliphatic hydroxyl groups is 1. The first-order chi connectivity index (χ1) is 21.0. The molecule has 2 heterocycles. The van der Waals surface area contributed by atoms with E-state index in [1.165, 1.54) is 16.7 Å². The lowest BCUT2D eigenvalue weighted by Crippen LogP contribution is -2.71. The number of amides is 3. The molecule has 0 bridgehead atoms. The van der Waals surface area contributed by atoms with Crippen molar-refractivity contribution in [2.45, 2.75) is 62.8 Å². The third-order valence-electron chi connectivity index (χ3n) is 7.20. The van der Waals surface area contributed by atoms with Gasteiger partial charge in [-0.3, -0.25) is 14.5 Å². The predicted octanol–water partition coefficient (Wildman–Crippen LogP) is 4.66. The van der Waals surface area contributed by atoms with Crippen molar-refractivity contribution in [3.05, 3.63) is 107 Å². The third kappa shape index (κ3) is 6.83. The maximum Gasteiger partial charge on any atom is 0.408 e. The third-order valence-corrected chi connectivity index (χ3v) is 8.46. The monoisotopic (exact) mass is 617 g/mol. The van der Waals surface area contributed by atoms with Crippen LogP contribution < -0.4 is 10.6 Å². The van der Waals surface area contributed by atoms with Gasteiger partial charge in [0.15, 0.2) is 11.8 Å². The second-order valence-electron chi connectivity index (χ2n) is 11.6. The Morgan fingerprint density at radius 3 is 2.20 bits per heavy atom. The molecular weight excluding hydrogens is 582 g/mol. The number of esters is 1. The van der Waals surface area contributed by atoms with Gasteiger partial charge in [-0.2, -0.15) is 0 Å². The molecule has 3 amide bonds. The highest BCUT2D eigenvalue weighted by Gasteiger charge is 2.55. The molecule has 10 nitrogen and oxygen atoms in total. The minimum absolute atomic E-state index is 0.0438. The standard InChI is InChI=1S/C33H35N3O7S/c1-33(2,3)43-32(41)35-24(20-13-7-4-8-14-20)28(38)34-25-29(39)36-26(23(37)19-44-30(25)36)31(40)42-27(21-15-9-5-10-16-21)22-17-11-6-12-18-22/h4-7,9-12,14-18,24-25,27,30,37H,8,13,19H2,1-3H3,(H,34,38)(H,35,41)/t24?,25-,30-/m1/s1. The molecule has 11 heteroatoms. The number of aliphatic hydroxyl groups excluding tert-OH is 1.